The standard InChI is InChI=1S/C21H21N3OS/c22-19(13-16-7-3-1-4-8-16)21(25)24-20-12-11-18(14-23-20)26-15-17-9-5-2-6-10-17/h1-12,14,19H,13,15,22H2,(H,23,24,25)/t19-/m0/s1. The lowest BCUT2D eigenvalue weighted by atomic mass is 10.1. The maximum absolute atomic E-state index is 12.2. The molecule has 0 saturated heterocycles. The lowest BCUT2D eigenvalue weighted by molar-refractivity contribution is -0.117. The summed E-state index contributed by atoms with van der Waals surface area (Å²) in [5.74, 6) is 1.17. The summed E-state index contributed by atoms with van der Waals surface area (Å²) in [5, 5.41) is 2.78. The predicted molar refractivity (Wildman–Crippen MR) is 107 cm³/mol. The summed E-state index contributed by atoms with van der Waals surface area (Å²) in [7, 11) is 0. The van der Waals surface area contributed by atoms with Crippen LogP contribution in [0.2, 0.25) is 0 Å². The highest BCUT2D eigenvalue weighted by molar-refractivity contribution is 7.98. The van der Waals surface area contributed by atoms with Crippen molar-refractivity contribution in [3.05, 3.63) is 90.1 Å². The second-order valence-electron chi connectivity index (χ2n) is 5.94. The van der Waals surface area contributed by atoms with E-state index in [1.807, 2.05) is 54.6 Å². The SMILES string of the molecule is N[C@@H](Cc1ccccc1)C(=O)Nc1ccc(SCc2ccccc2)cn1. The van der Waals surface area contributed by atoms with Crippen molar-refractivity contribution in [2.75, 3.05) is 5.32 Å². The highest BCUT2D eigenvalue weighted by atomic mass is 32.2. The second kappa shape index (κ2) is 9.17. The Balaban J connectivity index is 1.51. The van der Waals surface area contributed by atoms with Crippen LogP contribution in [-0.4, -0.2) is 16.9 Å². The van der Waals surface area contributed by atoms with Crippen LogP contribution in [0.5, 0.6) is 0 Å². The molecule has 1 atom stereocenters. The van der Waals surface area contributed by atoms with Gasteiger partial charge < -0.3 is 11.1 Å². The molecule has 0 fully saturated rings. The van der Waals surface area contributed by atoms with E-state index >= 15 is 0 Å². The maximum atomic E-state index is 12.2. The Morgan fingerprint density at radius 2 is 1.62 bits per heavy atom. The number of carbonyl (C=O) groups excluding carboxylic acids is 1. The first-order valence-electron chi connectivity index (χ1n) is 8.44. The van der Waals surface area contributed by atoms with Crippen LogP contribution >= 0.6 is 11.8 Å². The molecule has 0 bridgehead atoms. The number of nitrogens with zero attached hydrogens (tertiary/aromatic N) is 1. The molecule has 0 radical (unpaired) electrons. The largest absolute Gasteiger partial charge is 0.320 e. The summed E-state index contributed by atoms with van der Waals surface area (Å²) in [5.41, 5.74) is 8.30. The topological polar surface area (TPSA) is 68.0 Å². The lowest BCUT2D eigenvalue weighted by Crippen LogP contribution is -2.37. The molecule has 3 N–H and O–H groups in total. The van der Waals surface area contributed by atoms with Gasteiger partial charge in [0.05, 0.1) is 6.04 Å². The van der Waals surface area contributed by atoms with Crippen molar-refractivity contribution < 1.29 is 4.79 Å². The van der Waals surface area contributed by atoms with Crippen LogP contribution in [0.25, 0.3) is 0 Å². The van der Waals surface area contributed by atoms with Gasteiger partial charge in [0.1, 0.15) is 5.82 Å². The molecule has 26 heavy (non-hydrogen) atoms. The predicted octanol–water partition coefficient (Wildman–Crippen LogP) is 3.88. The van der Waals surface area contributed by atoms with Gasteiger partial charge in [-0.1, -0.05) is 60.7 Å². The van der Waals surface area contributed by atoms with Crippen LogP contribution in [0.15, 0.2) is 83.9 Å². The molecule has 132 valence electrons. The zero-order valence-electron chi connectivity index (χ0n) is 14.3. The van der Waals surface area contributed by atoms with Crippen LogP contribution in [0.3, 0.4) is 0 Å². The number of carbonyl (C=O) groups is 1. The van der Waals surface area contributed by atoms with Crippen molar-refractivity contribution in [1.29, 1.82) is 0 Å². The zero-order valence-corrected chi connectivity index (χ0v) is 15.2. The van der Waals surface area contributed by atoms with Crippen molar-refractivity contribution in [3.8, 4) is 0 Å². The van der Waals surface area contributed by atoms with Gasteiger partial charge in [0.25, 0.3) is 0 Å². The molecule has 0 aliphatic rings. The average Bonchev–Trinajstić information content (AvgIpc) is 2.69. The van der Waals surface area contributed by atoms with Gasteiger partial charge in [-0.2, -0.15) is 0 Å². The van der Waals surface area contributed by atoms with E-state index < -0.39 is 6.04 Å². The number of nitrogens with two attached hydrogens (primary N) is 1. The van der Waals surface area contributed by atoms with Gasteiger partial charge in [0.2, 0.25) is 5.91 Å². The molecule has 3 rings (SSSR count). The zero-order chi connectivity index (χ0) is 18.2. The first kappa shape index (κ1) is 18.2. The highest BCUT2D eigenvalue weighted by Gasteiger charge is 2.14. The average molecular weight is 363 g/mol. The molecule has 0 aliphatic carbocycles. The Hall–Kier alpha value is -2.63. The number of benzene rings is 2. The van der Waals surface area contributed by atoms with Crippen LogP contribution in [-0.2, 0) is 17.0 Å². The first-order valence-corrected chi connectivity index (χ1v) is 9.42. The molecule has 4 nitrogen and oxygen atoms in total. The van der Waals surface area contributed by atoms with Gasteiger partial charge in [0.15, 0.2) is 0 Å². The molecule has 0 aliphatic heterocycles. The van der Waals surface area contributed by atoms with Crippen molar-refractivity contribution in [2.45, 2.75) is 23.1 Å². The molecular formula is C21H21N3OS. The molecule has 1 aromatic heterocycles. The molecule has 0 saturated carbocycles. The van der Waals surface area contributed by atoms with Gasteiger partial charge in [-0.3, -0.25) is 4.79 Å². The number of anilines is 1. The van der Waals surface area contributed by atoms with E-state index in [2.05, 4.69) is 22.4 Å². The number of hydrogen-bond donors (Lipinski definition) is 2. The van der Waals surface area contributed by atoms with Crippen molar-refractivity contribution in [1.82, 2.24) is 4.98 Å². The Morgan fingerprint density at radius 3 is 2.23 bits per heavy atom. The van der Waals surface area contributed by atoms with E-state index in [0.29, 0.717) is 12.2 Å². The van der Waals surface area contributed by atoms with Gasteiger partial charge in [-0.25, -0.2) is 4.98 Å². The van der Waals surface area contributed by atoms with Gasteiger partial charge in [0, 0.05) is 16.8 Å². The summed E-state index contributed by atoms with van der Waals surface area (Å²) >= 11 is 1.71. The number of amides is 1. The Morgan fingerprint density at radius 1 is 0.962 bits per heavy atom. The van der Waals surface area contributed by atoms with Crippen LogP contribution in [0.4, 0.5) is 5.82 Å². The second-order valence-corrected chi connectivity index (χ2v) is 6.99. The fourth-order valence-corrected chi connectivity index (χ4v) is 3.28. The van der Waals surface area contributed by atoms with Gasteiger partial charge in [-0.15, -0.1) is 11.8 Å². The third kappa shape index (κ3) is 5.44. The number of thioether (sulfide) groups is 1. The van der Waals surface area contributed by atoms with E-state index in [1.165, 1.54) is 5.56 Å². The number of pyridine rings is 1. The molecule has 1 amide bonds. The van der Waals surface area contributed by atoms with Crippen molar-refractivity contribution in [2.24, 2.45) is 5.73 Å². The van der Waals surface area contributed by atoms with E-state index in [-0.39, 0.29) is 5.91 Å². The maximum Gasteiger partial charge on any atom is 0.242 e. The van der Waals surface area contributed by atoms with E-state index in [1.54, 1.807) is 24.0 Å². The summed E-state index contributed by atoms with van der Waals surface area (Å²) < 4.78 is 0. The minimum Gasteiger partial charge on any atom is -0.320 e. The smallest absolute Gasteiger partial charge is 0.242 e. The summed E-state index contributed by atoms with van der Waals surface area (Å²) in [6.07, 6.45) is 2.27. The van der Waals surface area contributed by atoms with Crippen LogP contribution in [0.1, 0.15) is 11.1 Å². The molecule has 0 spiro atoms. The van der Waals surface area contributed by atoms with Crippen molar-refractivity contribution >= 4 is 23.5 Å². The molecule has 2 aromatic carbocycles. The van der Waals surface area contributed by atoms with Gasteiger partial charge >= 0.3 is 0 Å². The Labute approximate surface area is 157 Å². The third-order valence-electron chi connectivity index (χ3n) is 3.87. The number of hydrogen-bond acceptors (Lipinski definition) is 4. The molecule has 5 heteroatoms. The lowest BCUT2D eigenvalue weighted by Gasteiger charge is -2.12. The monoisotopic (exact) mass is 363 g/mol. The highest BCUT2D eigenvalue weighted by Crippen LogP contribution is 2.22. The number of nitrogens with one attached hydrogen (secondary N) is 1. The Kier molecular flexibility index (Phi) is 6.41. The van der Waals surface area contributed by atoms with E-state index in [0.717, 1.165) is 16.2 Å². The molecule has 1 heterocycles. The molecular weight excluding hydrogens is 342 g/mol. The van der Waals surface area contributed by atoms with Crippen molar-refractivity contribution in [3.63, 3.8) is 0 Å². The quantitative estimate of drug-likeness (QED) is 0.625. The normalized spacial score (nSPS) is 11.7. The molecule has 0 unspecified atom stereocenters. The van der Waals surface area contributed by atoms with Crippen LogP contribution < -0.4 is 11.1 Å². The third-order valence-corrected chi connectivity index (χ3v) is 4.92. The minimum absolute atomic E-state index is 0.231. The van der Waals surface area contributed by atoms with Gasteiger partial charge in [-0.05, 0) is 29.7 Å². The number of rotatable bonds is 7. The first-order chi connectivity index (χ1) is 12.7. The Bertz CT molecular complexity index is 823. The number of aromatic nitrogens is 1. The van der Waals surface area contributed by atoms with Crippen LogP contribution in [0, 0.1) is 0 Å². The summed E-state index contributed by atoms with van der Waals surface area (Å²) in [6, 6.07) is 23.2. The van der Waals surface area contributed by atoms with E-state index in [9.17, 15) is 4.79 Å². The summed E-state index contributed by atoms with van der Waals surface area (Å²) in [6.45, 7) is 0. The fourth-order valence-electron chi connectivity index (χ4n) is 2.46. The fraction of sp³-hybridized carbons (Fsp3) is 0.143. The van der Waals surface area contributed by atoms with E-state index in [4.69, 9.17) is 5.73 Å². The minimum atomic E-state index is -0.605. The molecule has 3 aromatic rings. The summed E-state index contributed by atoms with van der Waals surface area (Å²) in [4.78, 5) is 17.6.